The van der Waals surface area contributed by atoms with Crippen LogP contribution in [0, 0.1) is 5.92 Å². The van der Waals surface area contributed by atoms with E-state index in [0.717, 1.165) is 0 Å². The summed E-state index contributed by atoms with van der Waals surface area (Å²) in [7, 11) is 0. The molecular weight excluding hydrogens is 216 g/mol. The highest BCUT2D eigenvalue weighted by atomic mass is 16.2. The van der Waals surface area contributed by atoms with E-state index in [1.54, 1.807) is 17.1 Å². The van der Waals surface area contributed by atoms with E-state index >= 15 is 0 Å². The predicted octanol–water partition coefficient (Wildman–Crippen LogP) is 0.517. The number of carbonyl (C=O) groups is 1. The number of nitrogens with two attached hydrogens (primary N) is 1. The highest BCUT2D eigenvalue weighted by Crippen LogP contribution is 2.27. The molecule has 1 amide bonds. The maximum absolute atomic E-state index is 11.8. The highest BCUT2D eigenvalue weighted by Gasteiger charge is 2.25. The third-order valence-electron chi connectivity index (χ3n) is 3.43. The third kappa shape index (κ3) is 3.30. The first-order valence-electron chi connectivity index (χ1n) is 6.26. The minimum Gasteiger partial charge on any atom is -0.350 e. The molecule has 0 radical (unpaired) electrons. The van der Waals surface area contributed by atoms with E-state index in [4.69, 9.17) is 5.73 Å². The van der Waals surface area contributed by atoms with Crippen molar-refractivity contribution in [3.63, 3.8) is 0 Å². The van der Waals surface area contributed by atoms with Gasteiger partial charge in [0.2, 0.25) is 5.91 Å². The molecule has 1 unspecified atom stereocenters. The molecule has 94 valence electrons. The van der Waals surface area contributed by atoms with Gasteiger partial charge in [-0.25, -0.2) is 0 Å². The van der Waals surface area contributed by atoms with Crippen LogP contribution in [0.5, 0.6) is 0 Å². The van der Waals surface area contributed by atoms with Gasteiger partial charge in [-0.3, -0.25) is 9.48 Å². The summed E-state index contributed by atoms with van der Waals surface area (Å²) >= 11 is 0. The topological polar surface area (TPSA) is 72.9 Å². The number of hydrogen-bond donors (Lipinski definition) is 2. The van der Waals surface area contributed by atoms with E-state index in [2.05, 4.69) is 10.4 Å². The van der Waals surface area contributed by atoms with Crippen LogP contribution in [0.15, 0.2) is 18.5 Å². The molecule has 1 aromatic rings. The van der Waals surface area contributed by atoms with E-state index < -0.39 is 0 Å². The van der Waals surface area contributed by atoms with Crippen LogP contribution in [0.25, 0.3) is 0 Å². The van der Waals surface area contributed by atoms with Crippen LogP contribution in [0.4, 0.5) is 0 Å². The minimum absolute atomic E-state index is 0.00366. The van der Waals surface area contributed by atoms with Crippen LogP contribution in [0.1, 0.15) is 25.7 Å². The number of nitrogens with zero attached hydrogens (tertiary/aromatic N) is 2. The van der Waals surface area contributed by atoms with Crippen molar-refractivity contribution in [3.05, 3.63) is 18.5 Å². The van der Waals surface area contributed by atoms with Crippen LogP contribution in [-0.2, 0) is 11.3 Å². The van der Waals surface area contributed by atoms with Crippen molar-refractivity contribution in [2.45, 2.75) is 38.3 Å². The fourth-order valence-electron chi connectivity index (χ4n) is 2.52. The van der Waals surface area contributed by atoms with E-state index in [1.165, 1.54) is 25.7 Å². The maximum Gasteiger partial charge on any atom is 0.242 e. The zero-order valence-corrected chi connectivity index (χ0v) is 10.0. The summed E-state index contributed by atoms with van der Waals surface area (Å²) in [5.41, 5.74) is 5.74. The molecule has 1 fully saturated rings. The minimum atomic E-state index is -0.00366. The lowest BCUT2D eigenvalue weighted by Gasteiger charge is -2.23. The Morgan fingerprint density at radius 2 is 2.29 bits per heavy atom. The SMILES string of the molecule is NCC(NC(=O)Cn1cccn1)C1CCCC1. The Morgan fingerprint density at radius 1 is 1.53 bits per heavy atom. The van der Waals surface area contributed by atoms with Gasteiger partial charge in [0.1, 0.15) is 6.54 Å². The average molecular weight is 236 g/mol. The number of nitrogens with one attached hydrogen (secondary N) is 1. The van der Waals surface area contributed by atoms with Gasteiger partial charge in [0.25, 0.3) is 0 Å². The van der Waals surface area contributed by atoms with Gasteiger partial charge in [0, 0.05) is 25.0 Å². The first-order valence-corrected chi connectivity index (χ1v) is 6.26. The van der Waals surface area contributed by atoms with Crippen LogP contribution >= 0.6 is 0 Å². The van der Waals surface area contributed by atoms with E-state index in [0.29, 0.717) is 12.5 Å². The molecule has 5 heteroatoms. The van der Waals surface area contributed by atoms with Gasteiger partial charge in [-0.15, -0.1) is 0 Å². The molecule has 1 aliphatic carbocycles. The molecule has 0 aliphatic heterocycles. The highest BCUT2D eigenvalue weighted by molar-refractivity contribution is 5.76. The van der Waals surface area contributed by atoms with Crippen LogP contribution < -0.4 is 11.1 Å². The summed E-state index contributed by atoms with van der Waals surface area (Å²) in [4.78, 5) is 11.8. The summed E-state index contributed by atoms with van der Waals surface area (Å²) in [6, 6.07) is 1.94. The summed E-state index contributed by atoms with van der Waals surface area (Å²) < 4.78 is 1.62. The molecule has 1 atom stereocenters. The second-order valence-corrected chi connectivity index (χ2v) is 4.66. The molecule has 3 N–H and O–H groups in total. The van der Waals surface area contributed by atoms with Crippen molar-refractivity contribution in [1.82, 2.24) is 15.1 Å². The Labute approximate surface area is 101 Å². The largest absolute Gasteiger partial charge is 0.350 e. The van der Waals surface area contributed by atoms with E-state index in [-0.39, 0.29) is 18.5 Å². The number of hydrogen-bond acceptors (Lipinski definition) is 3. The Kier molecular flexibility index (Phi) is 4.14. The molecule has 1 aliphatic rings. The monoisotopic (exact) mass is 236 g/mol. The molecule has 0 aromatic carbocycles. The van der Waals surface area contributed by atoms with Gasteiger partial charge in [-0.05, 0) is 24.8 Å². The van der Waals surface area contributed by atoms with Crippen molar-refractivity contribution >= 4 is 5.91 Å². The molecule has 17 heavy (non-hydrogen) atoms. The first-order chi connectivity index (χ1) is 8.29. The standard InChI is InChI=1S/C12H20N4O/c13-8-11(10-4-1-2-5-10)15-12(17)9-16-7-3-6-14-16/h3,6-7,10-11H,1-2,4-5,8-9,13H2,(H,15,17). The molecule has 0 bridgehead atoms. The zero-order chi connectivity index (χ0) is 12.1. The Bertz CT molecular complexity index is 343. The Balaban J connectivity index is 1.83. The Hall–Kier alpha value is -1.36. The second-order valence-electron chi connectivity index (χ2n) is 4.66. The van der Waals surface area contributed by atoms with Gasteiger partial charge >= 0.3 is 0 Å². The van der Waals surface area contributed by atoms with Gasteiger partial charge < -0.3 is 11.1 Å². The van der Waals surface area contributed by atoms with Crippen molar-refractivity contribution in [3.8, 4) is 0 Å². The van der Waals surface area contributed by atoms with Crippen LogP contribution in [0.3, 0.4) is 0 Å². The summed E-state index contributed by atoms with van der Waals surface area (Å²) in [5, 5.41) is 7.03. The molecular formula is C12H20N4O. The lowest BCUT2D eigenvalue weighted by molar-refractivity contribution is -0.122. The molecule has 2 rings (SSSR count). The molecule has 1 heterocycles. The van der Waals surface area contributed by atoms with Crippen molar-refractivity contribution in [1.29, 1.82) is 0 Å². The fourth-order valence-corrected chi connectivity index (χ4v) is 2.52. The van der Waals surface area contributed by atoms with E-state index in [9.17, 15) is 4.79 Å². The van der Waals surface area contributed by atoms with E-state index in [1.807, 2.05) is 6.07 Å². The smallest absolute Gasteiger partial charge is 0.242 e. The summed E-state index contributed by atoms with van der Waals surface area (Å²) in [5.74, 6) is 0.553. The molecule has 1 aromatic heterocycles. The number of amides is 1. The zero-order valence-electron chi connectivity index (χ0n) is 10.0. The second kappa shape index (κ2) is 5.82. The molecule has 0 saturated heterocycles. The first kappa shape index (κ1) is 12.1. The summed E-state index contributed by atoms with van der Waals surface area (Å²) in [6.45, 7) is 0.797. The van der Waals surface area contributed by atoms with Gasteiger partial charge in [-0.1, -0.05) is 12.8 Å². The van der Waals surface area contributed by atoms with Gasteiger partial charge in [0.05, 0.1) is 0 Å². The van der Waals surface area contributed by atoms with Crippen molar-refractivity contribution < 1.29 is 4.79 Å². The van der Waals surface area contributed by atoms with Crippen molar-refractivity contribution in [2.24, 2.45) is 11.7 Å². The lowest BCUT2D eigenvalue weighted by Crippen LogP contribution is -2.45. The number of carbonyl (C=O) groups excluding carboxylic acids is 1. The third-order valence-corrected chi connectivity index (χ3v) is 3.43. The lowest BCUT2D eigenvalue weighted by atomic mass is 9.98. The Morgan fingerprint density at radius 3 is 2.88 bits per heavy atom. The molecule has 0 spiro atoms. The fraction of sp³-hybridized carbons (Fsp3) is 0.667. The molecule has 1 saturated carbocycles. The van der Waals surface area contributed by atoms with Crippen LogP contribution in [0.2, 0.25) is 0 Å². The maximum atomic E-state index is 11.8. The number of aromatic nitrogens is 2. The predicted molar refractivity (Wildman–Crippen MR) is 65.2 cm³/mol. The average Bonchev–Trinajstić information content (AvgIpc) is 2.97. The van der Waals surface area contributed by atoms with Crippen molar-refractivity contribution in [2.75, 3.05) is 6.54 Å². The van der Waals surface area contributed by atoms with Crippen LogP contribution in [-0.4, -0.2) is 28.3 Å². The number of rotatable bonds is 5. The summed E-state index contributed by atoms with van der Waals surface area (Å²) in [6.07, 6.45) is 8.34. The van der Waals surface area contributed by atoms with Gasteiger partial charge in [0.15, 0.2) is 0 Å². The quantitative estimate of drug-likeness (QED) is 0.782. The molecule has 5 nitrogen and oxygen atoms in total. The normalized spacial score (nSPS) is 18.2. The van der Waals surface area contributed by atoms with Gasteiger partial charge in [-0.2, -0.15) is 5.10 Å².